The number of hydrogen-bond donors (Lipinski definition) is 4. The first kappa shape index (κ1) is 22.0. The van der Waals surface area contributed by atoms with Crippen LogP contribution in [0.15, 0.2) is 62.8 Å². The van der Waals surface area contributed by atoms with Crippen molar-refractivity contribution >= 4 is 11.0 Å². The highest BCUT2D eigenvalue weighted by Gasteiger charge is 2.20. The summed E-state index contributed by atoms with van der Waals surface area (Å²) in [6.07, 6.45) is 6.03. The van der Waals surface area contributed by atoms with Gasteiger partial charge in [-0.15, -0.1) is 0 Å². The van der Waals surface area contributed by atoms with Crippen LogP contribution in [0.4, 0.5) is 0 Å². The molecule has 162 valence electrons. The molecule has 2 aromatic carbocycles. The summed E-state index contributed by atoms with van der Waals surface area (Å²) in [7, 11) is 0. The van der Waals surface area contributed by atoms with E-state index in [1.54, 1.807) is 0 Å². The second-order valence-electron chi connectivity index (χ2n) is 7.85. The molecule has 6 heteroatoms. The smallest absolute Gasteiger partial charge is 0.200 e. The zero-order chi connectivity index (χ0) is 22.7. The predicted molar refractivity (Wildman–Crippen MR) is 121 cm³/mol. The molecular weight excluding hydrogens is 396 g/mol. The Morgan fingerprint density at radius 3 is 2.32 bits per heavy atom. The molecule has 0 radical (unpaired) electrons. The first-order valence-electron chi connectivity index (χ1n) is 10.0. The third-order valence-corrected chi connectivity index (χ3v) is 5.03. The van der Waals surface area contributed by atoms with Crippen LogP contribution in [0.1, 0.15) is 39.2 Å². The Bertz CT molecular complexity index is 1240. The summed E-state index contributed by atoms with van der Waals surface area (Å²) in [5.74, 6) is -0.894. The van der Waals surface area contributed by atoms with Gasteiger partial charge >= 0.3 is 0 Å². The molecule has 31 heavy (non-hydrogen) atoms. The van der Waals surface area contributed by atoms with Gasteiger partial charge in [-0.2, -0.15) is 0 Å². The van der Waals surface area contributed by atoms with Crippen LogP contribution in [-0.4, -0.2) is 20.4 Å². The fourth-order valence-electron chi connectivity index (χ4n) is 3.40. The van der Waals surface area contributed by atoms with Gasteiger partial charge in [0, 0.05) is 23.8 Å². The number of hydrogen-bond acceptors (Lipinski definition) is 6. The van der Waals surface area contributed by atoms with Crippen molar-refractivity contribution < 1.29 is 24.8 Å². The van der Waals surface area contributed by atoms with Gasteiger partial charge in [-0.05, 0) is 52.2 Å². The maximum atomic E-state index is 13.3. The molecule has 0 aliphatic rings. The van der Waals surface area contributed by atoms with Crippen LogP contribution in [-0.2, 0) is 6.42 Å². The first-order chi connectivity index (χ1) is 14.7. The fourth-order valence-corrected chi connectivity index (χ4v) is 3.40. The molecule has 0 bridgehead atoms. The van der Waals surface area contributed by atoms with Crippen LogP contribution in [0, 0.1) is 0 Å². The molecule has 0 spiro atoms. The van der Waals surface area contributed by atoms with E-state index in [1.807, 2.05) is 26.8 Å². The van der Waals surface area contributed by atoms with Gasteiger partial charge in [0.1, 0.15) is 39.7 Å². The average Bonchev–Trinajstić information content (AvgIpc) is 2.66. The number of allylic oxidation sites excluding steroid dienone is 4. The minimum Gasteiger partial charge on any atom is -0.508 e. The van der Waals surface area contributed by atoms with Gasteiger partial charge in [0.05, 0.1) is 5.56 Å². The minimum atomic E-state index is -0.449. The summed E-state index contributed by atoms with van der Waals surface area (Å²) >= 11 is 0. The summed E-state index contributed by atoms with van der Waals surface area (Å²) < 4.78 is 5.89. The Hall–Kier alpha value is -3.67. The fraction of sp³-hybridized carbons (Fsp3) is 0.240. The van der Waals surface area contributed by atoms with Crippen LogP contribution in [0.2, 0.25) is 0 Å². The normalized spacial score (nSPS) is 11.6. The number of fused-ring (bicyclic) bond motifs is 1. The predicted octanol–water partition coefficient (Wildman–Crippen LogP) is 5.52. The van der Waals surface area contributed by atoms with Crippen LogP contribution >= 0.6 is 0 Å². The third kappa shape index (κ3) is 4.91. The Kier molecular flexibility index (Phi) is 6.39. The third-order valence-electron chi connectivity index (χ3n) is 5.03. The van der Waals surface area contributed by atoms with Crippen molar-refractivity contribution in [1.82, 2.24) is 0 Å². The van der Waals surface area contributed by atoms with Crippen molar-refractivity contribution in [3.05, 3.63) is 69.4 Å². The van der Waals surface area contributed by atoms with Gasteiger partial charge < -0.3 is 24.8 Å². The standard InChI is InChI=1S/C25H26O6/c1-14(2)5-4-6-15(3)7-9-19-24(30)23-21(29)12-17(27)13-22(23)31-25(19)18-10-8-16(26)11-20(18)28/h5,7-8,10-13,26-29H,4,6,9H2,1-3H3/b15-7+. The molecular formula is C25H26O6. The Morgan fingerprint density at radius 2 is 1.65 bits per heavy atom. The zero-order valence-corrected chi connectivity index (χ0v) is 17.8. The summed E-state index contributed by atoms with van der Waals surface area (Å²) in [5, 5.41) is 40.0. The Balaban J connectivity index is 2.16. The highest BCUT2D eigenvalue weighted by Crippen LogP contribution is 2.37. The molecule has 0 saturated carbocycles. The maximum absolute atomic E-state index is 13.3. The average molecular weight is 422 g/mol. The minimum absolute atomic E-state index is 0.00187. The van der Waals surface area contributed by atoms with Gasteiger partial charge in [0.15, 0.2) is 0 Å². The molecule has 0 unspecified atom stereocenters. The number of aromatic hydroxyl groups is 4. The maximum Gasteiger partial charge on any atom is 0.200 e. The van der Waals surface area contributed by atoms with E-state index in [0.29, 0.717) is 0 Å². The first-order valence-corrected chi connectivity index (χ1v) is 10.0. The molecule has 0 amide bonds. The van der Waals surface area contributed by atoms with E-state index < -0.39 is 5.43 Å². The largest absolute Gasteiger partial charge is 0.508 e. The van der Waals surface area contributed by atoms with Gasteiger partial charge in [-0.1, -0.05) is 23.3 Å². The quantitative estimate of drug-likeness (QED) is 0.389. The van der Waals surface area contributed by atoms with Gasteiger partial charge in [0.2, 0.25) is 5.43 Å². The number of phenolic OH excluding ortho intramolecular Hbond substituents is 4. The lowest BCUT2D eigenvalue weighted by Crippen LogP contribution is -2.11. The van der Waals surface area contributed by atoms with Gasteiger partial charge in [-0.25, -0.2) is 0 Å². The molecule has 0 fully saturated rings. The second kappa shape index (κ2) is 9.00. The highest BCUT2D eigenvalue weighted by molar-refractivity contribution is 5.87. The van der Waals surface area contributed by atoms with Crippen molar-refractivity contribution in [2.75, 3.05) is 0 Å². The van der Waals surface area contributed by atoms with E-state index in [9.17, 15) is 25.2 Å². The van der Waals surface area contributed by atoms with Crippen LogP contribution in [0.5, 0.6) is 23.0 Å². The van der Waals surface area contributed by atoms with Crippen molar-refractivity contribution in [1.29, 1.82) is 0 Å². The molecule has 4 N–H and O–H groups in total. The van der Waals surface area contributed by atoms with Crippen molar-refractivity contribution in [3.63, 3.8) is 0 Å². The van der Waals surface area contributed by atoms with Crippen molar-refractivity contribution in [2.45, 2.75) is 40.0 Å². The topological polar surface area (TPSA) is 111 Å². The molecule has 3 aromatic rings. The van der Waals surface area contributed by atoms with E-state index in [2.05, 4.69) is 6.08 Å². The van der Waals surface area contributed by atoms with Gasteiger partial charge in [0.25, 0.3) is 0 Å². The van der Waals surface area contributed by atoms with E-state index in [4.69, 9.17) is 4.42 Å². The molecule has 1 aromatic heterocycles. The molecule has 0 aliphatic carbocycles. The van der Waals surface area contributed by atoms with Crippen molar-refractivity contribution in [3.8, 4) is 34.3 Å². The lowest BCUT2D eigenvalue weighted by Gasteiger charge is -2.12. The number of benzene rings is 2. The molecule has 6 nitrogen and oxygen atoms in total. The monoisotopic (exact) mass is 422 g/mol. The van der Waals surface area contributed by atoms with Crippen LogP contribution in [0.3, 0.4) is 0 Å². The summed E-state index contributed by atoms with van der Waals surface area (Å²) in [5.41, 5.74) is 2.37. The van der Waals surface area contributed by atoms with Gasteiger partial charge in [-0.3, -0.25) is 4.79 Å². The number of phenols is 4. The molecule has 1 heterocycles. The van der Waals surface area contributed by atoms with Crippen LogP contribution < -0.4 is 5.43 Å². The summed E-state index contributed by atoms with van der Waals surface area (Å²) in [6.45, 7) is 6.06. The van der Waals surface area contributed by atoms with Crippen LogP contribution in [0.25, 0.3) is 22.3 Å². The highest BCUT2D eigenvalue weighted by atomic mass is 16.3. The molecule has 0 aliphatic heterocycles. The second-order valence-corrected chi connectivity index (χ2v) is 7.85. The lowest BCUT2D eigenvalue weighted by atomic mass is 9.99. The Labute approximate surface area is 180 Å². The van der Waals surface area contributed by atoms with Crippen molar-refractivity contribution in [2.24, 2.45) is 0 Å². The van der Waals surface area contributed by atoms with E-state index >= 15 is 0 Å². The molecule has 0 atom stereocenters. The number of rotatable bonds is 6. The SMILES string of the molecule is CC(C)=CCC/C(C)=C/Cc1c(-c2ccc(O)cc2O)oc2cc(O)cc(O)c2c1=O. The summed E-state index contributed by atoms with van der Waals surface area (Å²) in [4.78, 5) is 13.3. The summed E-state index contributed by atoms with van der Waals surface area (Å²) in [6, 6.07) is 6.31. The molecule has 0 saturated heterocycles. The van der Waals surface area contributed by atoms with E-state index in [0.717, 1.165) is 30.5 Å². The van der Waals surface area contributed by atoms with E-state index in [1.165, 1.54) is 23.8 Å². The zero-order valence-electron chi connectivity index (χ0n) is 17.8. The lowest BCUT2D eigenvalue weighted by molar-refractivity contribution is 0.449. The Morgan fingerprint density at radius 1 is 0.935 bits per heavy atom. The van der Waals surface area contributed by atoms with E-state index in [-0.39, 0.29) is 57.3 Å². The molecule has 3 rings (SSSR count).